The van der Waals surface area contributed by atoms with Gasteiger partial charge in [0.15, 0.2) is 6.10 Å². The van der Waals surface area contributed by atoms with Crippen molar-refractivity contribution in [1.82, 2.24) is 0 Å². The molecule has 0 N–H and O–H groups in total. The van der Waals surface area contributed by atoms with Crippen molar-refractivity contribution in [2.24, 2.45) is 0 Å². The third-order valence-electron chi connectivity index (χ3n) is 8.30. The molecule has 0 aliphatic heterocycles. The lowest BCUT2D eigenvalue weighted by Crippen LogP contribution is -2.30. The van der Waals surface area contributed by atoms with Crippen LogP contribution < -0.4 is 0 Å². The van der Waals surface area contributed by atoms with E-state index in [0.717, 1.165) is 51.4 Å². The Morgan fingerprint density at radius 2 is 0.886 bits per heavy atom. The van der Waals surface area contributed by atoms with E-state index >= 15 is 0 Å². The molecule has 0 saturated heterocycles. The number of unbranched alkanes of at least 4 members (excludes halogenated alkanes) is 22. The molecule has 0 fully saturated rings. The van der Waals surface area contributed by atoms with Crippen LogP contribution in [-0.4, -0.2) is 37.9 Å². The minimum absolute atomic E-state index is 0.0869. The highest BCUT2D eigenvalue weighted by atomic mass is 16.6. The Morgan fingerprint density at radius 1 is 0.477 bits per heavy atom. The maximum atomic E-state index is 12.5. The van der Waals surface area contributed by atoms with E-state index in [9.17, 15) is 9.59 Å². The van der Waals surface area contributed by atoms with E-state index in [4.69, 9.17) is 14.2 Å². The lowest BCUT2D eigenvalue weighted by Gasteiger charge is -2.18. The largest absolute Gasteiger partial charge is 0.462 e. The zero-order chi connectivity index (χ0) is 32.2. The summed E-state index contributed by atoms with van der Waals surface area (Å²) in [6.45, 7) is 7.75. The van der Waals surface area contributed by atoms with Crippen molar-refractivity contribution in [3.8, 4) is 0 Å². The van der Waals surface area contributed by atoms with E-state index in [1.165, 1.54) is 116 Å². The van der Waals surface area contributed by atoms with Crippen molar-refractivity contribution in [3.63, 3.8) is 0 Å². The number of ether oxygens (including phenoxy) is 3. The van der Waals surface area contributed by atoms with E-state index in [0.29, 0.717) is 26.1 Å². The van der Waals surface area contributed by atoms with Crippen LogP contribution in [0.4, 0.5) is 0 Å². The Hall–Kier alpha value is -1.36. The summed E-state index contributed by atoms with van der Waals surface area (Å²) in [6.07, 6.45) is 36.3. The molecule has 0 aliphatic rings. The summed E-state index contributed by atoms with van der Waals surface area (Å²) in [5.74, 6) is -0.407. The van der Waals surface area contributed by atoms with Crippen molar-refractivity contribution < 1.29 is 23.8 Å². The first-order valence-electron chi connectivity index (χ1n) is 19.2. The van der Waals surface area contributed by atoms with Gasteiger partial charge in [0.05, 0.1) is 6.61 Å². The summed E-state index contributed by atoms with van der Waals surface area (Å²) in [5, 5.41) is 0. The molecule has 0 heterocycles. The predicted molar refractivity (Wildman–Crippen MR) is 187 cm³/mol. The highest BCUT2D eigenvalue weighted by Crippen LogP contribution is 2.13. The molecule has 0 bridgehead atoms. The number of allylic oxidation sites excluding steroid dienone is 2. The van der Waals surface area contributed by atoms with Gasteiger partial charge < -0.3 is 14.2 Å². The van der Waals surface area contributed by atoms with Crippen molar-refractivity contribution >= 4 is 11.9 Å². The lowest BCUT2D eigenvalue weighted by molar-refractivity contribution is -0.163. The molecule has 0 aromatic heterocycles. The van der Waals surface area contributed by atoms with Gasteiger partial charge in [0, 0.05) is 19.4 Å². The number of carbonyl (C=O) groups excluding carboxylic acids is 2. The third-order valence-corrected chi connectivity index (χ3v) is 8.30. The summed E-state index contributed by atoms with van der Waals surface area (Å²) in [6, 6.07) is 0. The molecular formula is C39H74O5. The maximum absolute atomic E-state index is 12.5. The highest BCUT2D eigenvalue weighted by molar-refractivity contribution is 5.70. The Labute approximate surface area is 274 Å². The van der Waals surface area contributed by atoms with E-state index in [2.05, 4.69) is 32.9 Å². The Balaban J connectivity index is 4.14. The van der Waals surface area contributed by atoms with Gasteiger partial charge >= 0.3 is 11.9 Å². The average molecular weight is 623 g/mol. The number of hydrogen-bond donors (Lipinski definition) is 0. The van der Waals surface area contributed by atoms with Crippen LogP contribution >= 0.6 is 0 Å². The van der Waals surface area contributed by atoms with Gasteiger partial charge in [-0.3, -0.25) is 9.59 Å². The third kappa shape index (κ3) is 33.5. The first-order valence-corrected chi connectivity index (χ1v) is 19.2. The number of carbonyl (C=O) groups is 2. The summed E-state index contributed by atoms with van der Waals surface area (Å²) < 4.78 is 17.1. The normalized spacial score (nSPS) is 12.2. The minimum Gasteiger partial charge on any atom is -0.462 e. The molecule has 0 saturated carbocycles. The topological polar surface area (TPSA) is 61.8 Å². The van der Waals surface area contributed by atoms with Crippen molar-refractivity contribution in [2.75, 3.05) is 19.8 Å². The van der Waals surface area contributed by atoms with Crippen LogP contribution in [0.15, 0.2) is 12.2 Å². The second-order valence-electron chi connectivity index (χ2n) is 12.8. The van der Waals surface area contributed by atoms with Crippen molar-refractivity contribution in [2.45, 2.75) is 207 Å². The van der Waals surface area contributed by atoms with E-state index in [1.54, 1.807) is 0 Å². The zero-order valence-corrected chi connectivity index (χ0v) is 29.7. The highest BCUT2D eigenvalue weighted by Gasteiger charge is 2.17. The van der Waals surface area contributed by atoms with Crippen molar-refractivity contribution in [3.05, 3.63) is 12.2 Å². The molecule has 0 amide bonds. The van der Waals surface area contributed by atoms with E-state index < -0.39 is 6.10 Å². The van der Waals surface area contributed by atoms with Crippen LogP contribution in [0, 0.1) is 0 Å². The smallest absolute Gasteiger partial charge is 0.306 e. The summed E-state index contributed by atoms with van der Waals surface area (Å²) in [7, 11) is 0. The Morgan fingerprint density at radius 3 is 1.41 bits per heavy atom. The fraction of sp³-hybridized carbons (Fsp3) is 0.897. The van der Waals surface area contributed by atoms with Crippen molar-refractivity contribution in [1.29, 1.82) is 0 Å². The molecule has 5 heteroatoms. The summed E-state index contributed by atoms with van der Waals surface area (Å²) in [4.78, 5) is 24.9. The summed E-state index contributed by atoms with van der Waals surface area (Å²) >= 11 is 0. The van der Waals surface area contributed by atoms with Crippen LogP contribution in [0.2, 0.25) is 0 Å². The standard InChI is InChI=1S/C39H74O5/c1-4-7-10-13-16-18-19-20-21-23-24-26-29-32-38(40)43-36-37(35-42-34-31-28-15-12-9-6-3)44-39(41)33-30-27-25-22-17-14-11-8-5-2/h18-19,37H,4-17,20-36H2,1-3H3/b19-18-. The van der Waals surface area contributed by atoms with Crippen LogP contribution in [0.1, 0.15) is 201 Å². The molecule has 0 rings (SSSR count). The number of rotatable bonds is 35. The molecule has 5 nitrogen and oxygen atoms in total. The van der Waals surface area contributed by atoms with Crippen LogP contribution in [0.25, 0.3) is 0 Å². The Kier molecular flexibility index (Phi) is 35.0. The Bertz CT molecular complexity index is 632. The zero-order valence-electron chi connectivity index (χ0n) is 29.7. The van der Waals surface area contributed by atoms with E-state index in [1.807, 2.05) is 0 Å². The fourth-order valence-electron chi connectivity index (χ4n) is 5.38. The van der Waals surface area contributed by atoms with Crippen LogP contribution in [-0.2, 0) is 23.8 Å². The van der Waals surface area contributed by atoms with Crippen LogP contribution in [0.3, 0.4) is 0 Å². The summed E-state index contributed by atoms with van der Waals surface area (Å²) in [5.41, 5.74) is 0. The van der Waals surface area contributed by atoms with Gasteiger partial charge in [-0.05, 0) is 44.9 Å². The van der Waals surface area contributed by atoms with Gasteiger partial charge in [0.25, 0.3) is 0 Å². The van der Waals surface area contributed by atoms with Gasteiger partial charge in [-0.2, -0.15) is 0 Å². The molecule has 0 aliphatic carbocycles. The van der Waals surface area contributed by atoms with Gasteiger partial charge in [-0.1, -0.05) is 155 Å². The molecule has 1 atom stereocenters. The molecular weight excluding hydrogens is 548 g/mol. The van der Waals surface area contributed by atoms with Gasteiger partial charge in [0.1, 0.15) is 6.61 Å². The van der Waals surface area contributed by atoms with Gasteiger partial charge in [-0.25, -0.2) is 0 Å². The molecule has 44 heavy (non-hydrogen) atoms. The monoisotopic (exact) mass is 623 g/mol. The second kappa shape index (κ2) is 36.1. The maximum Gasteiger partial charge on any atom is 0.306 e. The van der Waals surface area contributed by atoms with Crippen LogP contribution in [0.5, 0.6) is 0 Å². The molecule has 260 valence electrons. The molecule has 0 aromatic carbocycles. The first-order chi connectivity index (χ1) is 21.6. The van der Waals surface area contributed by atoms with E-state index in [-0.39, 0.29) is 18.5 Å². The first kappa shape index (κ1) is 42.6. The number of esters is 2. The van der Waals surface area contributed by atoms with Gasteiger partial charge in [-0.15, -0.1) is 0 Å². The molecule has 0 spiro atoms. The second-order valence-corrected chi connectivity index (χ2v) is 12.8. The predicted octanol–water partition coefficient (Wildman–Crippen LogP) is 12.0. The molecule has 0 aromatic rings. The lowest BCUT2D eigenvalue weighted by atomic mass is 10.1. The number of hydrogen-bond acceptors (Lipinski definition) is 5. The molecule has 0 radical (unpaired) electrons. The molecule has 1 unspecified atom stereocenters. The fourth-order valence-corrected chi connectivity index (χ4v) is 5.38. The minimum atomic E-state index is -0.523. The SMILES string of the molecule is CCCCCC/C=C\CCCCCCCC(=O)OCC(COCCCCCCCC)OC(=O)CCCCCCCCCCC. The quantitative estimate of drug-likeness (QED) is 0.0400. The average Bonchev–Trinajstić information content (AvgIpc) is 3.02. The van der Waals surface area contributed by atoms with Gasteiger partial charge in [0.2, 0.25) is 0 Å².